The fourth-order valence-corrected chi connectivity index (χ4v) is 11.8. The number of fused-ring (bicyclic) bond motifs is 13. The Kier molecular flexibility index (Phi) is 7.80. The average molecular weight is 800 g/mol. The minimum absolute atomic E-state index is 0.541. The van der Waals surface area contributed by atoms with E-state index in [1.54, 1.807) is 0 Å². The molecule has 1 nitrogen and oxygen atoms in total. The van der Waals surface area contributed by atoms with Gasteiger partial charge in [-0.05, 0) is 102 Å². The van der Waals surface area contributed by atoms with Gasteiger partial charge in [0.1, 0.15) is 0 Å². The smallest absolute Gasteiger partial charge is 0.0746 e. The first-order valence-electron chi connectivity index (χ1n) is 22.0. The van der Waals surface area contributed by atoms with Gasteiger partial charge in [0, 0.05) is 16.8 Å². The first-order valence-corrected chi connectivity index (χ1v) is 22.0. The molecule has 1 heteroatoms. The molecule has 0 heterocycles. The van der Waals surface area contributed by atoms with Crippen LogP contribution in [0, 0.1) is 0 Å². The van der Waals surface area contributed by atoms with Crippen molar-refractivity contribution in [2.45, 2.75) is 10.8 Å². The molecule has 0 saturated carbocycles. The van der Waals surface area contributed by atoms with Crippen molar-refractivity contribution in [3.05, 3.63) is 293 Å². The van der Waals surface area contributed by atoms with Gasteiger partial charge in [-0.15, -0.1) is 0 Å². The molecule has 294 valence electrons. The van der Waals surface area contributed by atoms with E-state index in [2.05, 4.69) is 254 Å². The standard InChI is InChI=1S/C62H41N/c1-4-21-42(22-5-1)46-27-14-19-37-58(46)63(45-39-40-51-49-30-10-15-33-53(49)61(57(51)41-45,43-23-6-2-7-24-43)44-25-8-3-9-26-44)59-38-20-32-52-50-31-13-18-36-56(50)62(60(52)59)54-34-16-11-28-47(54)48-29-12-17-35-55(48)62/h1-41H. The molecule has 13 rings (SSSR count). The van der Waals surface area contributed by atoms with Crippen LogP contribution in [0.3, 0.4) is 0 Å². The molecule has 0 N–H and O–H groups in total. The first-order chi connectivity index (χ1) is 31.3. The topological polar surface area (TPSA) is 3.24 Å². The summed E-state index contributed by atoms with van der Waals surface area (Å²) in [6.07, 6.45) is 0. The lowest BCUT2D eigenvalue weighted by atomic mass is 9.67. The average Bonchev–Trinajstić information content (AvgIpc) is 3.95. The zero-order chi connectivity index (χ0) is 41.5. The highest BCUT2D eigenvalue weighted by molar-refractivity contribution is 6.01. The van der Waals surface area contributed by atoms with Crippen LogP contribution in [0.15, 0.2) is 249 Å². The molecule has 63 heavy (non-hydrogen) atoms. The maximum atomic E-state index is 2.59. The number of nitrogens with zero attached hydrogens (tertiary/aromatic N) is 1. The van der Waals surface area contributed by atoms with Crippen LogP contribution in [0.25, 0.3) is 44.5 Å². The number of benzene rings is 10. The van der Waals surface area contributed by atoms with Gasteiger partial charge in [-0.2, -0.15) is 0 Å². The summed E-state index contributed by atoms with van der Waals surface area (Å²) < 4.78 is 0. The summed E-state index contributed by atoms with van der Waals surface area (Å²) in [6.45, 7) is 0. The highest BCUT2D eigenvalue weighted by atomic mass is 15.1. The molecule has 3 aliphatic rings. The molecule has 10 aromatic carbocycles. The SMILES string of the molecule is c1ccc(-c2ccccc2N(c2ccc3c(c2)C(c2ccccc2)(c2ccccc2)c2ccccc2-3)c2cccc3c2C2(c4ccccc4-c4ccccc42)c2ccccc2-3)cc1. The lowest BCUT2D eigenvalue weighted by molar-refractivity contribution is 0.768. The summed E-state index contributed by atoms with van der Waals surface area (Å²) >= 11 is 0. The fourth-order valence-electron chi connectivity index (χ4n) is 11.8. The van der Waals surface area contributed by atoms with Crippen molar-refractivity contribution in [2.24, 2.45) is 0 Å². The zero-order valence-corrected chi connectivity index (χ0v) is 34.6. The molecular weight excluding hydrogens is 759 g/mol. The van der Waals surface area contributed by atoms with Gasteiger partial charge in [-0.1, -0.05) is 224 Å². The Morgan fingerprint density at radius 1 is 0.254 bits per heavy atom. The van der Waals surface area contributed by atoms with Gasteiger partial charge in [0.15, 0.2) is 0 Å². The van der Waals surface area contributed by atoms with Gasteiger partial charge in [-0.25, -0.2) is 0 Å². The van der Waals surface area contributed by atoms with E-state index in [1.165, 1.54) is 94.7 Å². The Labute approximate surface area is 368 Å². The summed E-state index contributed by atoms with van der Waals surface area (Å²) in [5, 5.41) is 0. The van der Waals surface area contributed by atoms with E-state index in [4.69, 9.17) is 0 Å². The molecule has 0 radical (unpaired) electrons. The predicted octanol–water partition coefficient (Wildman–Crippen LogP) is 15.5. The summed E-state index contributed by atoms with van der Waals surface area (Å²) in [6, 6.07) is 92.8. The lowest BCUT2D eigenvalue weighted by Gasteiger charge is -2.37. The minimum Gasteiger partial charge on any atom is -0.310 e. The molecule has 0 atom stereocenters. The number of hydrogen-bond donors (Lipinski definition) is 0. The van der Waals surface area contributed by atoms with Gasteiger partial charge >= 0.3 is 0 Å². The Morgan fingerprint density at radius 3 is 1.21 bits per heavy atom. The number of para-hydroxylation sites is 1. The molecule has 0 unspecified atom stereocenters. The molecule has 10 aromatic rings. The monoisotopic (exact) mass is 799 g/mol. The summed E-state index contributed by atoms with van der Waals surface area (Å²) in [5.41, 5.74) is 22.8. The second-order valence-corrected chi connectivity index (χ2v) is 17.1. The van der Waals surface area contributed by atoms with Crippen LogP contribution in [-0.4, -0.2) is 0 Å². The van der Waals surface area contributed by atoms with Crippen LogP contribution in [0.5, 0.6) is 0 Å². The van der Waals surface area contributed by atoms with Crippen molar-refractivity contribution >= 4 is 17.1 Å². The number of hydrogen-bond acceptors (Lipinski definition) is 1. The van der Waals surface area contributed by atoms with Crippen LogP contribution in [0.1, 0.15) is 44.5 Å². The van der Waals surface area contributed by atoms with Gasteiger partial charge in [0.2, 0.25) is 0 Å². The molecular formula is C62H41N. The molecule has 0 fully saturated rings. The van der Waals surface area contributed by atoms with Crippen molar-refractivity contribution in [3.63, 3.8) is 0 Å². The third kappa shape index (κ3) is 4.82. The second kappa shape index (κ2) is 13.8. The van der Waals surface area contributed by atoms with E-state index >= 15 is 0 Å². The largest absolute Gasteiger partial charge is 0.310 e. The highest BCUT2D eigenvalue weighted by Gasteiger charge is 2.53. The Hall–Kier alpha value is -8.00. The van der Waals surface area contributed by atoms with Crippen LogP contribution in [-0.2, 0) is 10.8 Å². The maximum absolute atomic E-state index is 2.59. The Bertz CT molecular complexity index is 3300. The molecule has 0 amide bonds. The molecule has 0 aliphatic heterocycles. The normalized spacial score (nSPS) is 14.0. The van der Waals surface area contributed by atoms with E-state index in [9.17, 15) is 0 Å². The maximum Gasteiger partial charge on any atom is 0.0746 e. The van der Waals surface area contributed by atoms with Crippen LogP contribution in [0.4, 0.5) is 17.1 Å². The van der Waals surface area contributed by atoms with Crippen LogP contribution < -0.4 is 4.90 Å². The second-order valence-electron chi connectivity index (χ2n) is 17.1. The van der Waals surface area contributed by atoms with E-state index < -0.39 is 10.8 Å². The molecule has 1 spiro atoms. The summed E-state index contributed by atoms with van der Waals surface area (Å²) in [4.78, 5) is 2.59. The predicted molar refractivity (Wildman–Crippen MR) is 260 cm³/mol. The van der Waals surface area contributed by atoms with Crippen LogP contribution >= 0.6 is 0 Å². The summed E-state index contributed by atoms with van der Waals surface area (Å²) in [7, 11) is 0. The zero-order valence-electron chi connectivity index (χ0n) is 34.6. The molecule has 0 aromatic heterocycles. The van der Waals surface area contributed by atoms with Gasteiger partial charge in [-0.3, -0.25) is 0 Å². The van der Waals surface area contributed by atoms with Gasteiger partial charge < -0.3 is 4.90 Å². The third-order valence-corrected chi connectivity index (χ3v) is 14.2. The first kappa shape index (κ1) is 35.7. The van der Waals surface area contributed by atoms with Crippen LogP contribution in [0.2, 0.25) is 0 Å². The molecule has 3 aliphatic carbocycles. The Morgan fingerprint density at radius 2 is 0.651 bits per heavy atom. The molecule has 0 saturated heterocycles. The quantitative estimate of drug-likeness (QED) is 0.162. The van der Waals surface area contributed by atoms with E-state index in [0.717, 1.165) is 11.4 Å². The van der Waals surface area contributed by atoms with Crippen molar-refractivity contribution in [1.82, 2.24) is 0 Å². The highest BCUT2D eigenvalue weighted by Crippen LogP contribution is 2.66. The lowest BCUT2D eigenvalue weighted by Crippen LogP contribution is -2.29. The van der Waals surface area contributed by atoms with Crippen molar-refractivity contribution in [2.75, 3.05) is 4.90 Å². The van der Waals surface area contributed by atoms with Gasteiger partial charge in [0.25, 0.3) is 0 Å². The fraction of sp³-hybridized carbons (Fsp3) is 0.0323. The van der Waals surface area contributed by atoms with Gasteiger partial charge in [0.05, 0.1) is 22.2 Å². The van der Waals surface area contributed by atoms with E-state index in [0.29, 0.717) is 0 Å². The number of anilines is 3. The summed E-state index contributed by atoms with van der Waals surface area (Å²) in [5.74, 6) is 0. The van der Waals surface area contributed by atoms with E-state index in [-0.39, 0.29) is 0 Å². The number of rotatable bonds is 6. The molecule has 0 bridgehead atoms. The third-order valence-electron chi connectivity index (χ3n) is 14.2. The van der Waals surface area contributed by atoms with Crippen molar-refractivity contribution in [3.8, 4) is 44.5 Å². The van der Waals surface area contributed by atoms with E-state index in [1.807, 2.05) is 0 Å². The van der Waals surface area contributed by atoms with Crippen molar-refractivity contribution in [1.29, 1.82) is 0 Å². The van der Waals surface area contributed by atoms with Crippen molar-refractivity contribution < 1.29 is 0 Å². The minimum atomic E-state index is -0.547. The Balaban J connectivity index is 1.16.